The molecule has 2 N–H and O–H groups in total. The molecule has 8 heteroatoms. The van der Waals surface area contributed by atoms with E-state index in [9.17, 15) is 13.2 Å². The van der Waals surface area contributed by atoms with Gasteiger partial charge in [-0.2, -0.15) is 4.31 Å². The molecule has 0 aromatic carbocycles. The summed E-state index contributed by atoms with van der Waals surface area (Å²) in [5, 5.41) is 5.51. The Labute approximate surface area is 112 Å². The number of amides is 1. The minimum Gasteiger partial charge on any atom is -0.358 e. The Kier molecular flexibility index (Phi) is 4.13. The molecule has 1 amide bonds. The molecule has 1 aromatic heterocycles. The Bertz CT molecular complexity index is 546. The lowest BCUT2D eigenvalue weighted by atomic mass is 10.2. The Morgan fingerprint density at radius 1 is 1.58 bits per heavy atom. The number of hydrogen-bond acceptors (Lipinski definition) is 5. The molecule has 2 rings (SSSR count). The number of likely N-dealkylation sites (N-methyl/N-ethyl adjacent to an activating group) is 1. The monoisotopic (exact) mass is 284 g/mol. The van der Waals surface area contributed by atoms with Gasteiger partial charge in [-0.3, -0.25) is 9.78 Å². The Morgan fingerprint density at radius 2 is 2.37 bits per heavy atom. The van der Waals surface area contributed by atoms with E-state index in [-0.39, 0.29) is 17.3 Å². The second-order valence-electron chi connectivity index (χ2n) is 4.14. The molecule has 1 aliphatic heterocycles. The summed E-state index contributed by atoms with van der Waals surface area (Å²) >= 11 is 0. The van der Waals surface area contributed by atoms with Crippen LogP contribution in [-0.4, -0.2) is 56.3 Å². The number of carbonyl (C=O) groups is 1. The molecule has 0 radical (unpaired) electrons. The number of hydrogen-bond donors (Lipinski definition) is 2. The first kappa shape index (κ1) is 13.9. The molecule has 1 atom stereocenters. The van der Waals surface area contributed by atoms with Gasteiger partial charge in [0.2, 0.25) is 15.9 Å². The molecule has 0 bridgehead atoms. The summed E-state index contributed by atoms with van der Waals surface area (Å²) in [6.07, 6.45) is 2.80. The normalized spacial score (nSPS) is 21.0. The zero-order valence-electron chi connectivity index (χ0n) is 10.5. The molecule has 1 fully saturated rings. The van der Waals surface area contributed by atoms with Gasteiger partial charge in [0.25, 0.3) is 0 Å². The molecule has 104 valence electrons. The predicted molar refractivity (Wildman–Crippen MR) is 68.9 cm³/mol. The van der Waals surface area contributed by atoms with Crippen molar-refractivity contribution in [2.75, 3.05) is 26.7 Å². The van der Waals surface area contributed by atoms with Gasteiger partial charge >= 0.3 is 0 Å². The molecule has 2 heterocycles. The van der Waals surface area contributed by atoms with Crippen LogP contribution in [0, 0.1) is 0 Å². The fourth-order valence-electron chi connectivity index (χ4n) is 2.00. The van der Waals surface area contributed by atoms with Gasteiger partial charge in [0.05, 0.1) is 0 Å². The van der Waals surface area contributed by atoms with E-state index in [1.54, 1.807) is 6.07 Å². The van der Waals surface area contributed by atoms with Crippen LogP contribution in [0.3, 0.4) is 0 Å². The van der Waals surface area contributed by atoms with E-state index in [4.69, 9.17) is 0 Å². The van der Waals surface area contributed by atoms with Gasteiger partial charge in [0.15, 0.2) is 0 Å². The zero-order chi connectivity index (χ0) is 13.9. The highest BCUT2D eigenvalue weighted by Gasteiger charge is 2.37. The van der Waals surface area contributed by atoms with Crippen molar-refractivity contribution >= 4 is 15.9 Å². The third-order valence-corrected chi connectivity index (χ3v) is 4.88. The maximum Gasteiger partial charge on any atom is 0.245 e. The van der Waals surface area contributed by atoms with Crippen molar-refractivity contribution in [2.45, 2.75) is 10.9 Å². The van der Waals surface area contributed by atoms with Crippen LogP contribution in [0.25, 0.3) is 0 Å². The Hall–Kier alpha value is -1.51. The molecule has 0 saturated carbocycles. The minimum atomic E-state index is -3.70. The van der Waals surface area contributed by atoms with Crippen molar-refractivity contribution in [1.82, 2.24) is 19.9 Å². The number of piperazine rings is 1. The van der Waals surface area contributed by atoms with Crippen molar-refractivity contribution in [1.29, 1.82) is 0 Å². The van der Waals surface area contributed by atoms with E-state index < -0.39 is 16.1 Å². The molecule has 0 aliphatic carbocycles. The third-order valence-electron chi connectivity index (χ3n) is 2.98. The van der Waals surface area contributed by atoms with Crippen LogP contribution in [0.4, 0.5) is 0 Å². The summed E-state index contributed by atoms with van der Waals surface area (Å²) in [4.78, 5) is 15.7. The largest absolute Gasteiger partial charge is 0.358 e. The van der Waals surface area contributed by atoms with E-state index in [0.717, 1.165) is 0 Å². The molecular weight excluding hydrogens is 268 g/mol. The van der Waals surface area contributed by atoms with Crippen molar-refractivity contribution in [3.63, 3.8) is 0 Å². The lowest BCUT2D eigenvalue weighted by Crippen LogP contribution is -2.59. The number of pyridine rings is 1. The maximum absolute atomic E-state index is 12.5. The molecule has 1 saturated heterocycles. The molecule has 19 heavy (non-hydrogen) atoms. The smallest absolute Gasteiger partial charge is 0.245 e. The first-order chi connectivity index (χ1) is 9.07. The molecule has 1 aliphatic rings. The van der Waals surface area contributed by atoms with Crippen LogP contribution in [-0.2, 0) is 14.8 Å². The number of sulfonamides is 1. The number of nitrogens with one attached hydrogen (secondary N) is 2. The molecule has 1 aromatic rings. The van der Waals surface area contributed by atoms with E-state index in [1.807, 2.05) is 0 Å². The lowest BCUT2D eigenvalue weighted by molar-refractivity contribution is -0.124. The van der Waals surface area contributed by atoms with Crippen LogP contribution in [0.1, 0.15) is 0 Å². The highest BCUT2D eigenvalue weighted by molar-refractivity contribution is 7.89. The van der Waals surface area contributed by atoms with Crippen molar-refractivity contribution in [3.8, 4) is 0 Å². The number of rotatable bonds is 3. The maximum atomic E-state index is 12.5. The van der Waals surface area contributed by atoms with Crippen LogP contribution >= 0.6 is 0 Å². The molecule has 1 unspecified atom stereocenters. The number of nitrogens with zero attached hydrogens (tertiary/aromatic N) is 2. The number of carbonyl (C=O) groups excluding carboxylic acids is 1. The standard InChI is InChI=1S/C11H16N4O3S/c1-12-11(16)10-8-14-5-6-15(10)19(17,18)9-3-2-4-13-7-9/h2-4,7,10,14H,5-6,8H2,1H3,(H,12,16). The van der Waals surface area contributed by atoms with E-state index in [1.165, 1.54) is 29.8 Å². The van der Waals surface area contributed by atoms with Gasteiger partial charge in [-0.05, 0) is 12.1 Å². The Morgan fingerprint density at radius 3 is 3.00 bits per heavy atom. The lowest BCUT2D eigenvalue weighted by Gasteiger charge is -2.33. The quantitative estimate of drug-likeness (QED) is 0.727. The van der Waals surface area contributed by atoms with Crippen LogP contribution in [0.15, 0.2) is 29.4 Å². The fraction of sp³-hybridized carbons (Fsp3) is 0.455. The van der Waals surface area contributed by atoms with Crippen LogP contribution < -0.4 is 10.6 Å². The molecular formula is C11H16N4O3S. The summed E-state index contributed by atoms with van der Waals surface area (Å²) < 4.78 is 26.2. The van der Waals surface area contributed by atoms with Gasteiger partial charge in [0.1, 0.15) is 10.9 Å². The highest BCUT2D eigenvalue weighted by Crippen LogP contribution is 2.18. The van der Waals surface area contributed by atoms with Gasteiger partial charge in [0, 0.05) is 39.1 Å². The molecule has 7 nitrogen and oxygen atoms in total. The van der Waals surface area contributed by atoms with E-state index in [2.05, 4.69) is 15.6 Å². The second kappa shape index (κ2) is 5.64. The van der Waals surface area contributed by atoms with Gasteiger partial charge in [-0.15, -0.1) is 0 Å². The Balaban J connectivity index is 2.35. The van der Waals surface area contributed by atoms with Gasteiger partial charge < -0.3 is 10.6 Å². The predicted octanol–water partition coefficient (Wildman–Crippen LogP) is -1.21. The summed E-state index contributed by atoms with van der Waals surface area (Å²) in [5.41, 5.74) is 0. The van der Waals surface area contributed by atoms with Crippen molar-refractivity contribution in [2.24, 2.45) is 0 Å². The van der Waals surface area contributed by atoms with Gasteiger partial charge in [-0.1, -0.05) is 0 Å². The first-order valence-electron chi connectivity index (χ1n) is 5.91. The summed E-state index contributed by atoms with van der Waals surface area (Å²) in [6.45, 7) is 1.08. The summed E-state index contributed by atoms with van der Waals surface area (Å²) in [5.74, 6) is -0.320. The second-order valence-corrected chi connectivity index (χ2v) is 6.03. The minimum absolute atomic E-state index is 0.103. The average Bonchev–Trinajstić information content (AvgIpc) is 2.47. The first-order valence-corrected chi connectivity index (χ1v) is 7.35. The van der Waals surface area contributed by atoms with Crippen molar-refractivity contribution < 1.29 is 13.2 Å². The SMILES string of the molecule is CNC(=O)C1CNCCN1S(=O)(=O)c1cccnc1. The topological polar surface area (TPSA) is 91.4 Å². The summed E-state index contributed by atoms with van der Waals surface area (Å²) in [6, 6.07) is 2.30. The van der Waals surface area contributed by atoms with Crippen LogP contribution in [0.2, 0.25) is 0 Å². The van der Waals surface area contributed by atoms with Gasteiger partial charge in [-0.25, -0.2) is 8.42 Å². The van der Waals surface area contributed by atoms with Crippen LogP contribution in [0.5, 0.6) is 0 Å². The number of aromatic nitrogens is 1. The fourth-order valence-corrected chi connectivity index (χ4v) is 3.55. The third kappa shape index (κ3) is 2.75. The van der Waals surface area contributed by atoms with E-state index in [0.29, 0.717) is 13.1 Å². The highest BCUT2D eigenvalue weighted by atomic mass is 32.2. The average molecular weight is 284 g/mol. The summed E-state index contributed by atoms with van der Waals surface area (Å²) in [7, 11) is -2.20. The zero-order valence-corrected chi connectivity index (χ0v) is 11.4. The molecule has 0 spiro atoms. The van der Waals surface area contributed by atoms with E-state index >= 15 is 0 Å². The van der Waals surface area contributed by atoms with Crippen molar-refractivity contribution in [3.05, 3.63) is 24.5 Å².